The minimum Gasteiger partial charge on any atom is -0.756 e. The summed E-state index contributed by atoms with van der Waals surface area (Å²) >= 11 is 0. The number of methoxy groups -OCH3 is 4. The average Bonchev–Trinajstić information content (AvgIpc) is 2.84. The predicted octanol–water partition coefficient (Wildman–Crippen LogP) is 4.88. The number of ether oxygens (including phenoxy) is 4. The van der Waals surface area contributed by atoms with Crippen LogP contribution in [0.2, 0.25) is 0 Å². The number of hydrogen-bond donors (Lipinski definition) is 0. The number of amides is 2. The Kier molecular flexibility index (Phi) is 13.1. The SMILES string of the molecule is COc1cccc(OC)c1C(=O)N([O-])C(C)(C)C.COc1cccc(OC)c1C(=O)N([O-])C(C)(C)C.[Pd+2]. The molecule has 37 heavy (non-hydrogen) atoms. The van der Waals surface area contributed by atoms with Gasteiger partial charge in [-0.25, -0.2) is 0 Å². The van der Waals surface area contributed by atoms with Gasteiger partial charge in [-0.1, -0.05) is 12.1 Å². The van der Waals surface area contributed by atoms with Crippen LogP contribution in [0, 0.1) is 10.4 Å². The molecule has 2 aromatic carbocycles. The van der Waals surface area contributed by atoms with Crippen molar-refractivity contribution in [2.75, 3.05) is 28.4 Å². The van der Waals surface area contributed by atoms with Crippen molar-refractivity contribution >= 4 is 11.8 Å². The quantitative estimate of drug-likeness (QED) is 0.335. The summed E-state index contributed by atoms with van der Waals surface area (Å²) in [7, 11) is 5.77. The smallest absolute Gasteiger partial charge is 0.756 e. The molecule has 0 aliphatic rings. The van der Waals surface area contributed by atoms with E-state index in [1.54, 1.807) is 77.9 Å². The molecule has 0 fully saturated rings. The minimum absolute atomic E-state index is 0. The van der Waals surface area contributed by atoms with E-state index in [2.05, 4.69) is 0 Å². The molecular formula is C26H36N2O8Pd. The van der Waals surface area contributed by atoms with Gasteiger partial charge in [0.05, 0.1) is 28.4 Å². The summed E-state index contributed by atoms with van der Waals surface area (Å²) in [4.78, 5) is 24.4. The van der Waals surface area contributed by atoms with E-state index in [9.17, 15) is 20.0 Å². The van der Waals surface area contributed by atoms with Crippen LogP contribution < -0.4 is 18.9 Å². The van der Waals surface area contributed by atoms with Crippen molar-refractivity contribution in [1.82, 2.24) is 10.1 Å². The topological polar surface area (TPSA) is 124 Å². The van der Waals surface area contributed by atoms with Crippen molar-refractivity contribution < 1.29 is 49.0 Å². The summed E-state index contributed by atoms with van der Waals surface area (Å²) in [6.45, 7) is 10.00. The number of hydrogen-bond acceptors (Lipinski definition) is 8. The Hall–Kier alpha value is -2.84. The maximum absolute atomic E-state index is 12.2. The molecule has 2 amide bonds. The van der Waals surface area contributed by atoms with Gasteiger partial charge in [0.25, 0.3) is 11.8 Å². The summed E-state index contributed by atoms with van der Waals surface area (Å²) in [5.41, 5.74) is -1.34. The van der Waals surface area contributed by atoms with Crippen LogP contribution in [0.4, 0.5) is 0 Å². The second kappa shape index (κ2) is 14.2. The number of rotatable bonds is 6. The summed E-state index contributed by atoms with van der Waals surface area (Å²) in [5.74, 6) is -0.0450. The van der Waals surface area contributed by atoms with Crippen LogP contribution in [0.15, 0.2) is 36.4 Å². The molecule has 0 aliphatic carbocycles. The maximum atomic E-state index is 12.2. The van der Waals surface area contributed by atoms with Crippen LogP contribution in [0.3, 0.4) is 0 Å². The van der Waals surface area contributed by atoms with E-state index in [0.717, 1.165) is 0 Å². The molecule has 0 spiro atoms. The van der Waals surface area contributed by atoms with Gasteiger partial charge in [0.15, 0.2) is 0 Å². The van der Waals surface area contributed by atoms with Gasteiger partial charge in [-0.3, -0.25) is 9.59 Å². The molecule has 10 nitrogen and oxygen atoms in total. The van der Waals surface area contributed by atoms with E-state index in [4.69, 9.17) is 18.9 Å². The standard InChI is InChI=1S/2C13H18NO4.Pd/c2*1-13(2,3)14(16)12(15)11-9(17-4)7-6-8-10(11)18-5;/h2*6-8H,1-5H3;/q2*-1;+2. The van der Waals surface area contributed by atoms with E-state index in [1.165, 1.54) is 28.4 Å². The largest absolute Gasteiger partial charge is 2.00 e. The van der Waals surface area contributed by atoms with Crippen LogP contribution in [0.25, 0.3) is 0 Å². The fourth-order valence-corrected chi connectivity index (χ4v) is 2.94. The van der Waals surface area contributed by atoms with Gasteiger partial charge in [-0.05, 0) is 65.8 Å². The van der Waals surface area contributed by atoms with Crippen LogP contribution >= 0.6 is 0 Å². The number of carbonyl (C=O) groups excluding carboxylic acids is 2. The third kappa shape index (κ3) is 8.61. The second-order valence-electron chi connectivity index (χ2n) is 9.62. The molecule has 0 unspecified atom stereocenters. The summed E-state index contributed by atoms with van der Waals surface area (Å²) in [6, 6.07) is 9.86. The Morgan fingerprint density at radius 3 is 0.973 bits per heavy atom. The molecule has 0 saturated carbocycles. The Bertz CT molecular complexity index is 920. The molecule has 208 valence electrons. The van der Waals surface area contributed by atoms with Crippen molar-refractivity contribution in [3.63, 3.8) is 0 Å². The van der Waals surface area contributed by atoms with Gasteiger partial charge in [0.1, 0.15) is 34.1 Å². The van der Waals surface area contributed by atoms with Gasteiger partial charge < -0.3 is 39.5 Å². The summed E-state index contributed by atoms with van der Waals surface area (Å²) in [6.07, 6.45) is 0. The molecule has 0 saturated heterocycles. The monoisotopic (exact) mass is 610 g/mol. The van der Waals surface area contributed by atoms with Crippen LogP contribution in [0.1, 0.15) is 62.3 Å². The molecule has 0 atom stereocenters. The Labute approximate surface area is 232 Å². The van der Waals surface area contributed by atoms with E-state index >= 15 is 0 Å². The molecule has 0 bridgehead atoms. The Morgan fingerprint density at radius 1 is 0.595 bits per heavy atom. The van der Waals surface area contributed by atoms with Gasteiger partial charge in [0, 0.05) is 11.1 Å². The predicted molar refractivity (Wildman–Crippen MR) is 138 cm³/mol. The van der Waals surface area contributed by atoms with Crippen LogP contribution in [-0.2, 0) is 20.4 Å². The zero-order valence-corrected chi connectivity index (χ0v) is 24.5. The first-order chi connectivity index (χ1) is 16.6. The number of benzene rings is 2. The van der Waals surface area contributed by atoms with Crippen molar-refractivity contribution in [3.05, 3.63) is 57.9 Å². The van der Waals surface area contributed by atoms with E-state index in [-0.39, 0.29) is 31.5 Å². The van der Waals surface area contributed by atoms with Gasteiger partial charge in [-0.2, -0.15) is 0 Å². The fourth-order valence-electron chi connectivity index (χ4n) is 2.94. The normalized spacial score (nSPS) is 10.7. The summed E-state index contributed by atoms with van der Waals surface area (Å²) < 4.78 is 20.4. The molecule has 0 N–H and O–H groups in total. The zero-order chi connectivity index (χ0) is 27.8. The molecule has 0 heterocycles. The van der Waals surface area contributed by atoms with Crippen molar-refractivity contribution in [3.8, 4) is 23.0 Å². The van der Waals surface area contributed by atoms with Crippen molar-refractivity contribution in [2.24, 2.45) is 0 Å². The molecule has 0 radical (unpaired) electrons. The van der Waals surface area contributed by atoms with Gasteiger partial charge in [-0.15, -0.1) is 0 Å². The van der Waals surface area contributed by atoms with Gasteiger partial charge in [0.2, 0.25) is 0 Å². The number of hydroxylamine groups is 4. The Morgan fingerprint density at radius 2 is 0.811 bits per heavy atom. The van der Waals surface area contributed by atoms with Crippen molar-refractivity contribution in [2.45, 2.75) is 52.6 Å². The first kappa shape index (κ1) is 34.2. The third-order valence-corrected chi connectivity index (χ3v) is 4.87. The number of carbonyl (C=O) groups is 2. The molecule has 11 heteroatoms. The van der Waals surface area contributed by atoms with Crippen LogP contribution in [0.5, 0.6) is 23.0 Å². The molecule has 2 rings (SSSR count). The van der Waals surface area contributed by atoms with Gasteiger partial charge >= 0.3 is 20.4 Å². The van der Waals surface area contributed by atoms with E-state index in [0.29, 0.717) is 33.1 Å². The minimum atomic E-state index is -0.817. The zero-order valence-electron chi connectivity index (χ0n) is 22.9. The maximum Gasteiger partial charge on any atom is 2.00 e. The summed E-state index contributed by atoms with van der Waals surface area (Å²) in [5, 5.41) is 24.8. The molecule has 2 aromatic rings. The first-order valence-corrected chi connectivity index (χ1v) is 11.1. The third-order valence-electron chi connectivity index (χ3n) is 4.87. The van der Waals surface area contributed by atoms with Crippen molar-refractivity contribution in [1.29, 1.82) is 0 Å². The average molecular weight is 611 g/mol. The van der Waals surface area contributed by atoms with Crippen LogP contribution in [-0.4, -0.2) is 61.5 Å². The molecular weight excluding hydrogens is 575 g/mol. The second-order valence-corrected chi connectivity index (χ2v) is 9.62. The Balaban J connectivity index is 0.000000682. The van der Waals surface area contributed by atoms with E-state index < -0.39 is 22.9 Å². The van der Waals surface area contributed by atoms with E-state index in [1.807, 2.05) is 0 Å². The molecule has 0 aromatic heterocycles. The number of nitrogens with zero attached hydrogens (tertiary/aromatic N) is 2. The first-order valence-electron chi connectivity index (χ1n) is 11.1. The fraction of sp³-hybridized carbons (Fsp3) is 0.462. The molecule has 0 aliphatic heterocycles.